The predicted octanol–water partition coefficient (Wildman–Crippen LogP) is 2.61. The van der Waals surface area contributed by atoms with Gasteiger partial charge in [0.2, 0.25) is 5.78 Å². The first-order chi connectivity index (χ1) is 8.67. The summed E-state index contributed by atoms with van der Waals surface area (Å²) >= 11 is 3.62. The Morgan fingerprint density at radius 1 is 1.39 bits per heavy atom. The van der Waals surface area contributed by atoms with Gasteiger partial charge in [0.25, 0.3) is 0 Å². The summed E-state index contributed by atoms with van der Waals surface area (Å²) in [4.78, 5) is 4.69. The zero-order valence-corrected chi connectivity index (χ0v) is 12.0. The molecule has 0 aliphatic carbocycles. The highest BCUT2D eigenvalue weighted by Crippen LogP contribution is 2.27. The van der Waals surface area contributed by atoms with Crippen LogP contribution in [0.15, 0.2) is 22.8 Å². The summed E-state index contributed by atoms with van der Waals surface area (Å²) < 4.78 is 5.14. The van der Waals surface area contributed by atoms with Crippen LogP contribution in [0, 0.1) is 0 Å². The molecule has 0 bridgehead atoms. The lowest BCUT2D eigenvalue weighted by atomic mass is 10.1. The molecule has 2 N–H and O–H groups in total. The van der Waals surface area contributed by atoms with E-state index in [1.807, 2.05) is 11.6 Å². The number of hydrogen-bond acceptors (Lipinski definition) is 2. The largest absolute Gasteiger partial charge is 0.325 e. The Labute approximate surface area is 114 Å². The number of aryl methyl sites for hydroxylation is 2. The Hall–Kier alpha value is -1.33. The van der Waals surface area contributed by atoms with E-state index >= 15 is 0 Å². The summed E-state index contributed by atoms with van der Waals surface area (Å²) in [6, 6.07) is 6.42. The summed E-state index contributed by atoms with van der Waals surface area (Å²) in [5.41, 5.74) is 10.3. The van der Waals surface area contributed by atoms with Crippen molar-refractivity contribution in [2.24, 2.45) is 12.8 Å². The van der Waals surface area contributed by atoms with Crippen LogP contribution in [0.4, 0.5) is 0 Å². The molecule has 2 heterocycles. The van der Waals surface area contributed by atoms with Crippen LogP contribution in [-0.4, -0.2) is 14.0 Å². The van der Waals surface area contributed by atoms with Gasteiger partial charge in [-0.3, -0.25) is 4.40 Å². The molecule has 0 aliphatic rings. The maximum atomic E-state index is 5.77. The van der Waals surface area contributed by atoms with E-state index in [0.29, 0.717) is 6.54 Å². The quantitative estimate of drug-likeness (QED) is 0.791. The zero-order valence-electron chi connectivity index (χ0n) is 10.4. The molecule has 0 aliphatic heterocycles. The first-order valence-electron chi connectivity index (χ1n) is 6.01. The van der Waals surface area contributed by atoms with Crippen molar-refractivity contribution in [2.75, 3.05) is 0 Å². The van der Waals surface area contributed by atoms with Crippen LogP contribution >= 0.6 is 15.9 Å². The minimum atomic E-state index is 0.495. The molecule has 1 aromatic carbocycles. The number of fused-ring (bicyclic) bond motifs is 3. The van der Waals surface area contributed by atoms with Crippen molar-refractivity contribution in [2.45, 2.75) is 19.9 Å². The second kappa shape index (κ2) is 4.10. The number of aromatic nitrogens is 3. The maximum absolute atomic E-state index is 5.77. The molecule has 0 saturated heterocycles. The van der Waals surface area contributed by atoms with Crippen molar-refractivity contribution < 1.29 is 0 Å². The molecule has 0 radical (unpaired) electrons. The SMILES string of the molecule is CCc1ccc2c(c1)nc1n(C)c(CN)c(Br)n21. The van der Waals surface area contributed by atoms with E-state index in [9.17, 15) is 0 Å². The Bertz CT molecular complexity index is 738. The van der Waals surface area contributed by atoms with Crippen molar-refractivity contribution in [3.05, 3.63) is 34.1 Å². The highest BCUT2D eigenvalue weighted by molar-refractivity contribution is 9.10. The van der Waals surface area contributed by atoms with Crippen LogP contribution in [0.2, 0.25) is 0 Å². The number of benzene rings is 1. The van der Waals surface area contributed by atoms with E-state index in [2.05, 4.69) is 45.5 Å². The lowest BCUT2D eigenvalue weighted by Crippen LogP contribution is -2.04. The second-order valence-corrected chi connectivity index (χ2v) is 5.18. The first kappa shape index (κ1) is 11.7. The van der Waals surface area contributed by atoms with E-state index in [0.717, 1.165) is 33.5 Å². The van der Waals surface area contributed by atoms with Crippen molar-refractivity contribution >= 4 is 32.7 Å². The van der Waals surface area contributed by atoms with Crippen LogP contribution in [0.3, 0.4) is 0 Å². The summed E-state index contributed by atoms with van der Waals surface area (Å²) in [5, 5.41) is 0. The molecule has 0 unspecified atom stereocenters. The van der Waals surface area contributed by atoms with Crippen molar-refractivity contribution in [3.8, 4) is 0 Å². The highest BCUT2D eigenvalue weighted by Gasteiger charge is 2.16. The predicted molar refractivity (Wildman–Crippen MR) is 76.6 cm³/mol. The summed E-state index contributed by atoms with van der Waals surface area (Å²) in [6.07, 6.45) is 1.03. The molecule has 94 valence electrons. The average molecular weight is 307 g/mol. The molecule has 0 saturated carbocycles. The van der Waals surface area contributed by atoms with Gasteiger partial charge in [-0.2, -0.15) is 0 Å². The molecule has 18 heavy (non-hydrogen) atoms. The van der Waals surface area contributed by atoms with Gasteiger partial charge in [-0.1, -0.05) is 13.0 Å². The molecule has 0 amide bonds. The molecule has 3 rings (SSSR count). The molecular weight excluding hydrogens is 292 g/mol. The second-order valence-electron chi connectivity index (χ2n) is 4.42. The fraction of sp³-hybridized carbons (Fsp3) is 0.308. The Kier molecular flexibility index (Phi) is 2.68. The minimum absolute atomic E-state index is 0.495. The number of nitrogens with two attached hydrogens (primary N) is 1. The van der Waals surface area contributed by atoms with Gasteiger partial charge in [0.1, 0.15) is 4.60 Å². The number of hydrogen-bond donors (Lipinski definition) is 1. The van der Waals surface area contributed by atoms with Crippen LogP contribution in [-0.2, 0) is 20.0 Å². The van der Waals surface area contributed by atoms with Gasteiger partial charge in [0, 0.05) is 13.6 Å². The smallest absolute Gasteiger partial charge is 0.215 e. The molecule has 3 aromatic rings. The van der Waals surface area contributed by atoms with E-state index < -0.39 is 0 Å². The lowest BCUT2D eigenvalue weighted by Gasteiger charge is -1.99. The van der Waals surface area contributed by atoms with Crippen molar-refractivity contribution in [1.29, 1.82) is 0 Å². The fourth-order valence-electron chi connectivity index (χ4n) is 2.36. The molecule has 4 nitrogen and oxygen atoms in total. The highest BCUT2D eigenvalue weighted by atomic mass is 79.9. The minimum Gasteiger partial charge on any atom is -0.325 e. The van der Waals surface area contributed by atoms with Gasteiger partial charge >= 0.3 is 0 Å². The van der Waals surface area contributed by atoms with Gasteiger partial charge in [-0.05, 0) is 40.0 Å². The Balaban J connectivity index is 2.43. The Morgan fingerprint density at radius 2 is 2.17 bits per heavy atom. The standard InChI is InChI=1S/C13H15BrN4/c1-3-8-4-5-10-9(6-8)16-13-17(2)11(7-15)12(14)18(10)13/h4-6H,3,7,15H2,1-2H3. The van der Waals surface area contributed by atoms with Crippen LogP contribution in [0.25, 0.3) is 16.8 Å². The topological polar surface area (TPSA) is 48.2 Å². The summed E-state index contributed by atoms with van der Waals surface area (Å²) in [5.74, 6) is 0.922. The van der Waals surface area contributed by atoms with E-state index in [-0.39, 0.29) is 0 Å². The fourth-order valence-corrected chi connectivity index (χ4v) is 3.14. The molecule has 5 heteroatoms. The third kappa shape index (κ3) is 1.44. The monoisotopic (exact) mass is 306 g/mol. The number of halogens is 1. The molecule has 0 spiro atoms. The van der Waals surface area contributed by atoms with Crippen LogP contribution < -0.4 is 5.73 Å². The van der Waals surface area contributed by atoms with Crippen LogP contribution in [0.5, 0.6) is 0 Å². The first-order valence-corrected chi connectivity index (χ1v) is 6.80. The number of rotatable bonds is 2. The third-order valence-electron chi connectivity index (χ3n) is 3.44. The normalized spacial score (nSPS) is 11.8. The van der Waals surface area contributed by atoms with Gasteiger partial charge < -0.3 is 10.3 Å². The Morgan fingerprint density at radius 3 is 2.83 bits per heavy atom. The van der Waals surface area contributed by atoms with Crippen LogP contribution in [0.1, 0.15) is 18.2 Å². The van der Waals surface area contributed by atoms with E-state index in [1.165, 1.54) is 5.56 Å². The van der Waals surface area contributed by atoms with Gasteiger partial charge in [-0.25, -0.2) is 4.98 Å². The third-order valence-corrected chi connectivity index (χ3v) is 4.25. The lowest BCUT2D eigenvalue weighted by molar-refractivity contribution is 0.836. The maximum Gasteiger partial charge on any atom is 0.215 e. The van der Waals surface area contributed by atoms with Gasteiger partial charge in [0.15, 0.2) is 0 Å². The van der Waals surface area contributed by atoms with Gasteiger partial charge in [-0.15, -0.1) is 0 Å². The summed E-state index contributed by atoms with van der Waals surface area (Å²) in [6.45, 7) is 2.65. The van der Waals surface area contributed by atoms with E-state index in [1.54, 1.807) is 0 Å². The molecular formula is C13H15BrN4. The summed E-state index contributed by atoms with van der Waals surface area (Å²) in [7, 11) is 1.99. The van der Waals surface area contributed by atoms with Crippen molar-refractivity contribution in [3.63, 3.8) is 0 Å². The zero-order chi connectivity index (χ0) is 12.9. The number of imidazole rings is 2. The van der Waals surface area contributed by atoms with Gasteiger partial charge in [0.05, 0.1) is 16.7 Å². The average Bonchev–Trinajstić information content (AvgIpc) is 2.86. The molecule has 0 fully saturated rings. The molecule has 2 aromatic heterocycles. The van der Waals surface area contributed by atoms with Crippen molar-refractivity contribution in [1.82, 2.24) is 14.0 Å². The number of nitrogens with zero attached hydrogens (tertiary/aromatic N) is 3. The molecule has 0 atom stereocenters. The van der Waals surface area contributed by atoms with E-state index in [4.69, 9.17) is 10.7 Å².